The van der Waals surface area contributed by atoms with E-state index < -0.39 is 0 Å². The summed E-state index contributed by atoms with van der Waals surface area (Å²) in [4.78, 5) is 4.25. The average Bonchev–Trinajstić information content (AvgIpc) is 2.96. The van der Waals surface area contributed by atoms with Crippen molar-refractivity contribution in [3.63, 3.8) is 0 Å². The lowest BCUT2D eigenvalue weighted by Crippen LogP contribution is -2.35. The van der Waals surface area contributed by atoms with Gasteiger partial charge in [0.05, 0.1) is 17.1 Å². The number of hydrogen-bond acceptors (Lipinski definition) is 3. The molecule has 116 valence electrons. The van der Waals surface area contributed by atoms with E-state index in [0.29, 0.717) is 16.8 Å². The van der Waals surface area contributed by atoms with Crippen LogP contribution in [-0.2, 0) is 0 Å². The molecule has 1 aliphatic heterocycles. The number of rotatable bonds is 3. The van der Waals surface area contributed by atoms with Crippen LogP contribution in [0, 0.1) is 5.82 Å². The Hall–Kier alpha value is -1.94. The second-order valence-electron chi connectivity index (χ2n) is 5.65. The van der Waals surface area contributed by atoms with Crippen LogP contribution in [0.4, 0.5) is 21.5 Å². The maximum Gasteiger partial charge on any atom is 0.147 e. The normalized spacial score (nSPS) is 17.8. The molecule has 0 bridgehead atoms. The van der Waals surface area contributed by atoms with Gasteiger partial charge in [-0.3, -0.25) is 0 Å². The molecule has 0 saturated carbocycles. The van der Waals surface area contributed by atoms with Crippen LogP contribution in [0.1, 0.15) is 6.42 Å². The monoisotopic (exact) mass is 319 g/mol. The molecule has 5 heteroatoms. The number of nitrogen functional groups attached to an aromatic ring is 1. The summed E-state index contributed by atoms with van der Waals surface area (Å²) in [5, 5.41) is 0.422. The van der Waals surface area contributed by atoms with Gasteiger partial charge in [0.25, 0.3) is 0 Å². The molecule has 1 saturated heterocycles. The van der Waals surface area contributed by atoms with E-state index in [2.05, 4.69) is 9.80 Å². The molecule has 0 amide bonds. The Morgan fingerprint density at radius 3 is 2.77 bits per heavy atom. The zero-order valence-electron chi connectivity index (χ0n) is 12.5. The quantitative estimate of drug-likeness (QED) is 0.874. The van der Waals surface area contributed by atoms with Gasteiger partial charge >= 0.3 is 0 Å². The summed E-state index contributed by atoms with van der Waals surface area (Å²) in [6.45, 7) is 1.59. The van der Waals surface area contributed by atoms with E-state index in [9.17, 15) is 4.39 Å². The highest BCUT2D eigenvalue weighted by molar-refractivity contribution is 6.30. The molecule has 0 aliphatic carbocycles. The van der Waals surface area contributed by atoms with Crippen LogP contribution >= 0.6 is 11.6 Å². The Morgan fingerprint density at radius 2 is 2.05 bits per heavy atom. The number of anilines is 3. The van der Waals surface area contributed by atoms with Gasteiger partial charge in [-0.1, -0.05) is 23.7 Å². The molecule has 2 aromatic rings. The summed E-state index contributed by atoms with van der Waals surface area (Å²) in [6.07, 6.45) is 0.965. The first-order valence-electron chi connectivity index (χ1n) is 7.33. The summed E-state index contributed by atoms with van der Waals surface area (Å²) >= 11 is 5.82. The van der Waals surface area contributed by atoms with Crippen LogP contribution in [0.2, 0.25) is 5.02 Å². The summed E-state index contributed by atoms with van der Waals surface area (Å²) < 4.78 is 14.1. The maximum absolute atomic E-state index is 14.1. The van der Waals surface area contributed by atoms with Gasteiger partial charge in [0.1, 0.15) is 5.82 Å². The van der Waals surface area contributed by atoms with Gasteiger partial charge in [0, 0.05) is 31.2 Å². The number of nitrogens with two attached hydrogens (primary N) is 1. The Balaban J connectivity index is 1.76. The SMILES string of the molecule is CN(c1ccccc1N)C1CCN(c2ccc(Cl)cc2F)C1. The van der Waals surface area contributed by atoms with Crippen LogP contribution < -0.4 is 15.5 Å². The van der Waals surface area contributed by atoms with Crippen molar-refractivity contribution in [2.24, 2.45) is 0 Å². The van der Waals surface area contributed by atoms with Gasteiger partial charge < -0.3 is 15.5 Å². The van der Waals surface area contributed by atoms with Gasteiger partial charge in [-0.15, -0.1) is 0 Å². The van der Waals surface area contributed by atoms with Crippen molar-refractivity contribution in [3.05, 3.63) is 53.3 Å². The van der Waals surface area contributed by atoms with Gasteiger partial charge in [-0.25, -0.2) is 4.39 Å². The number of halogens is 2. The number of para-hydroxylation sites is 2. The minimum Gasteiger partial charge on any atom is -0.397 e. The topological polar surface area (TPSA) is 32.5 Å². The summed E-state index contributed by atoms with van der Waals surface area (Å²) in [5.74, 6) is -0.268. The van der Waals surface area contributed by atoms with E-state index in [-0.39, 0.29) is 5.82 Å². The maximum atomic E-state index is 14.1. The van der Waals surface area contributed by atoms with Crippen molar-refractivity contribution in [2.75, 3.05) is 35.7 Å². The molecule has 22 heavy (non-hydrogen) atoms. The first kappa shape index (κ1) is 15.0. The lowest BCUT2D eigenvalue weighted by molar-refractivity contribution is 0.622. The molecule has 1 aliphatic rings. The Morgan fingerprint density at radius 1 is 1.27 bits per heavy atom. The molecule has 3 nitrogen and oxygen atoms in total. The molecule has 1 fully saturated rings. The zero-order valence-corrected chi connectivity index (χ0v) is 13.2. The van der Waals surface area contributed by atoms with Crippen molar-refractivity contribution in [3.8, 4) is 0 Å². The van der Waals surface area contributed by atoms with Crippen molar-refractivity contribution < 1.29 is 4.39 Å². The molecular weight excluding hydrogens is 301 g/mol. The number of likely N-dealkylation sites (N-methyl/N-ethyl adjacent to an activating group) is 1. The van der Waals surface area contributed by atoms with Crippen LogP contribution in [0.3, 0.4) is 0 Å². The molecule has 1 unspecified atom stereocenters. The standard InChI is InChI=1S/C17H19ClFN3/c1-21(17-5-3-2-4-15(17)20)13-8-9-22(11-13)16-7-6-12(18)10-14(16)19/h2-7,10,13H,8-9,11,20H2,1H3. The third-order valence-electron chi connectivity index (χ3n) is 4.28. The van der Waals surface area contributed by atoms with E-state index in [1.165, 1.54) is 6.07 Å². The summed E-state index contributed by atoms with van der Waals surface area (Å²) in [6, 6.07) is 13.0. The fourth-order valence-corrected chi connectivity index (χ4v) is 3.18. The molecule has 2 aromatic carbocycles. The molecular formula is C17H19ClFN3. The van der Waals surface area contributed by atoms with Gasteiger partial charge in [-0.05, 0) is 36.8 Å². The highest BCUT2D eigenvalue weighted by atomic mass is 35.5. The third-order valence-corrected chi connectivity index (χ3v) is 4.51. The van der Waals surface area contributed by atoms with Gasteiger partial charge in [0.2, 0.25) is 0 Å². The fourth-order valence-electron chi connectivity index (χ4n) is 3.02. The van der Waals surface area contributed by atoms with Gasteiger partial charge in [0.15, 0.2) is 0 Å². The predicted molar refractivity (Wildman–Crippen MR) is 91.3 cm³/mol. The Bertz CT molecular complexity index is 677. The predicted octanol–water partition coefficient (Wildman–Crippen LogP) is 3.78. The Labute approximate surface area is 135 Å². The van der Waals surface area contributed by atoms with E-state index >= 15 is 0 Å². The number of nitrogens with zero attached hydrogens (tertiary/aromatic N) is 2. The molecule has 1 heterocycles. The van der Waals surface area contributed by atoms with Crippen molar-refractivity contribution >= 4 is 28.7 Å². The van der Waals surface area contributed by atoms with Crippen LogP contribution in [0.15, 0.2) is 42.5 Å². The van der Waals surface area contributed by atoms with Crippen molar-refractivity contribution in [1.29, 1.82) is 0 Å². The van der Waals surface area contributed by atoms with Gasteiger partial charge in [-0.2, -0.15) is 0 Å². The van der Waals surface area contributed by atoms with E-state index in [4.69, 9.17) is 17.3 Å². The van der Waals surface area contributed by atoms with E-state index in [1.807, 2.05) is 31.3 Å². The fraction of sp³-hybridized carbons (Fsp3) is 0.294. The summed E-state index contributed by atoms with van der Waals surface area (Å²) in [7, 11) is 2.04. The second-order valence-corrected chi connectivity index (χ2v) is 6.09. The molecule has 3 rings (SSSR count). The molecule has 1 atom stereocenters. The average molecular weight is 320 g/mol. The first-order chi connectivity index (χ1) is 10.6. The molecule has 0 aromatic heterocycles. The highest BCUT2D eigenvalue weighted by Crippen LogP contribution is 2.30. The largest absolute Gasteiger partial charge is 0.397 e. The molecule has 0 spiro atoms. The van der Waals surface area contributed by atoms with Crippen LogP contribution in [0.25, 0.3) is 0 Å². The third kappa shape index (κ3) is 2.83. The van der Waals surface area contributed by atoms with E-state index in [1.54, 1.807) is 12.1 Å². The Kier molecular flexibility index (Phi) is 4.12. The minimum absolute atomic E-state index is 0.268. The molecule has 2 N–H and O–H groups in total. The number of hydrogen-bond donors (Lipinski definition) is 1. The first-order valence-corrected chi connectivity index (χ1v) is 7.71. The van der Waals surface area contributed by atoms with Crippen molar-refractivity contribution in [1.82, 2.24) is 0 Å². The van der Waals surface area contributed by atoms with Crippen LogP contribution in [-0.4, -0.2) is 26.2 Å². The van der Waals surface area contributed by atoms with Crippen LogP contribution in [0.5, 0.6) is 0 Å². The lowest BCUT2D eigenvalue weighted by Gasteiger charge is -2.28. The smallest absolute Gasteiger partial charge is 0.147 e. The molecule has 0 radical (unpaired) electrons. The summed E-state index contributed by atoms with van der Waals surface area (Å²) in [5.41, 5.74) is 8.44. The second kappa shape index (κ2) is 6.05. The lowest BCUT2D eigenvalue weighted by atomic mass is 10.2. The zero-order chi connectivity index (χ0) is 15.7. The van der Waals surface area contributed by atoms with Crippen molar-refractivity contribution in [2.45, 2.75) is 12.5 Å². The van der Waals surface area contributed by atoms with E-state index in [0.717, 1.165) is 30.9 Å². The highest BCUT2D eigenvalue weighted by Gasteiger charge is 2.28. The number of benzene rings is 2. The minimum atomic E-state index is -0.268.